The fourth-order valence-corrected chi connectivity index (χ4v) is 1.15. The van der Waals surface area contributed by atoms with Crippen LogP contribution in [-0.2, 0) is 9.53 Å². The van der Waals surface area contributed by atoms with Crippen molar-refractivity contribution in [3.05, 3.63) is 23.7 Å². The lowest BCUT2D eigenvalue weighted by Crippen LogP contribution is -2.46. The summed E-state index contributed by atoms with van der Waals surface area (Å²) in [5.41, 5.74) is 0.105. The molecule has 1 aliphatic heterocycles. The Bertz CT molecular complexity index is 346. The Hall–Kier alpha value is -1.82. The highest BCUT2D eigenvalue weighted by Crippen LogP contribution is 2.11. The second-order valence-electron chi connectivity index (χ2n) is 2.91. The molecular weight excluding hydrogens is 196 g/mol. The zero-order valence-corrected chi connectivity index (χ0v) is 8.70. The summed E-state index contributed by atoms with van der Waals surface area (Å²) < 4.78 is 4.51. The Balaban J connectivity index is 2.95. The number of hydrogen-bond donors (Lipinski definition) is 3. The van der Waals surface area contributed by atoms with Crippen LogP contribution in [0.1, 0.15) is 13.3 Å². The molecule has 4 N–H and O–H groups in total. The smallest absolute Gasteiger partial charge is 0.343 e. The molecule has 1 aliphatic rings. The fourth-order valence-electron chi connectivity index (χ4n) is 1.15. The van der Waals surface area contributed by atoms with Crippen molar-refractivity contribution in [3.63, 3.8) is 0 Å². The first-order valence-corrected chi connectivity index (χ1v) is 4.50. The topological polar surface area (TPSA) is 91.4 Å². The van der Waals surface area contributed by atoms with E-state index in [1.807, 2.05) is 13.0 Å². The lowest BCUT2D eigenvalue weighted by Gasteiger charge is -2.27. The van der Waals surface area contributed by atoms with Crippen molar-refractivity contribution in [2.75, 3.05) is 7.11 Å². The molecule has 0 aromatic heterocycles. The van der Waals surface area contributed by atoms with Crippen molar-refractivity contribution in [2.45, 2.75) is 13.3 Å². The van der Waals surface area contributed by atoms with E-state index in [0.29, 0.717) is 5.82 Å². The number of allylic oxidation sites excluding steroid dienone is 1. The van der Waals surface area contributed by atoms with Gasteiger partial charge in [-0.1, -0.05) is 6.92 Å². The van der Waals surface area contributed by atoms with Gasteiger partial charge in [0.05, 0.1) is 7.11 Å². The molecule has 0 radical (unpaired) electrons. The Morgan fingerprint density at radius 3 is 3.00 bits per heavy atom. The zero-order valence-electron chi connectivity index (χ0n) is 8.70. The summed E-state index contributed by atoms with van der Waals surface area (Å²) in [7, 11) is 1.26. The monoisotopic (exact) mass is 210 g/mol. The van der Waals surface area contributed by atoms with E-state index in [4.69, 9.17) is 11.3 Å². The normalized spacial score (nSPS) is 18.6. The highest BCUT2D eigenvalue weighted by Gasteiger charge is 2.25. The second kappa shape index (κ2) is 4.61. The van der Waals surface area contributed by atoms with E-state index in [2.05, 4.69) is 10.1 Å². The van der Waals surface area contributed by atoms with E-state index in [-0.39, 0.29) is 11.4 Å². The van der Waals surface area contributed by atoms with Crippen LogP contribution in [0.5, 0.6) is 0 Å². The predicted molar refractivity (Wildman–Crippen MR) is 55.4 cm³/mol. The molecule has 0 aliphatic carbocycles. The van der Waals surface area contributed by atoms with E-state index in [0.717, 1.165) is 11.4 Å². The summed E-state index contributed by atoms with van der Waals surface area (Å²) in [5.74, 6) is 5.53. The predicted octanol–water partition coefficient (Wildman–Crippen LogP) is 0.0509. The molecule has 0 bridgehead atoms. The molecule has 1 heterocycles. The summed E-state index contributed by atoms with van der Waals surface area (Å²) in [6.07, 6.45) is 4.02. The van der Waals surface area contributed by atoms with Crippen LogP contribution in [0.25, 0.3) is 0 Å². The number of amidine groups is 1. The largest absolute Gasteiger partial charge is 0.465 e. The first-order chi connectivity index (χ1) is 7.11. The van der Waals surface area contributed by atoms with Crippen LogP contribution in [0.3, 0.4) is 0 Å². The van der Waals surface area contributed by atoms with Crippen LogP contribution >= 0.6 is 0 Å². The molecule has 0 aromatic carbocycles. The number of nitrogens with zero attached hydrogens (tertiary/aromatic N) is 1. The average Bonchev–Trinajstić information content (AvgIpc) is 2.24. The fraction of sp³-hybridized carbons (Fsp3) is 0.333. The van der Waals surface area contributed by atoms with Gasteiger partial charge in [-0.15, -0.1) is 0 Å². The molecule has 1 rings (SSSR count). The number of carbonyl (C=O) groups excluding carboxylic acids is 1. The third kappa shape index (κ3) is 2.16. The minimum absolute atomic E-state index is 0.0831. The van der Waals surface area contributed by atoms with Gasteiger partial charge in [0, 0.05) is 6.20 Å². The Labute approximate surface area is 87.9 Å². The molecular formula is C9H14N4O2. The van der Waals surface area contributed by atoms with E-state index >= 15 is 0 Å². The summed E-state index contributed by atoms with van der Waals surface area (Å²) >= 11 is 0. The first-order valence-electron chi connectivity index (χ1n) is 4.50. The van der Waals surface area contributed by atoms with Crippen LogP contribution in [-0.4, -0.2) is 23.9 Å². The minimum atomic E-state index is -0.585. The molecule has 0 atom stereocenters. The van der Waals surface area contributed by atoms with E-state index in [1.54, 1.807) is 0 Å². The quantitative estimate of drug-likeness (QED) is 0.442. The number of carbonyl (C=O) groups is 1. The molecule has 0 unspecified atom stereocenters. The molecule has 0 saturated heterocycles. The van der Waals surface area contributed by atoms with Gasteiger partial charge in [0.15, 0.2) is 5.84 Å². The average molecular weight is 210 g/mol. The Kier molecular flexibility index (Phi) is 3.46. The van der Waals surface area contributed by atoms with Gasteiger partial charge in [0.1, 0.15) is 11.4 Å². The standard InChI is InChI=1S/C9H14N4O2/c1-3-4-7-12-5-6(9(14)15-2)8(10)13(7)11/h4-5,10,12H,3,11H2,1-2H3/b7-4-,10-8?. The van der Waals surface area contributed by atoms with Gasteiger partial charge in [-0.3, -0.25) is 5.41 Å². The van der Waals surface area contributed by atoms with E-state index < -0.39 is 5.97 Å². The number of nitrogens with two attached hydrogens (primary N) is 1. The van der Waals surface area contributed by atoms with Crippen LogP contribution in [0.4, 0.5) is 0 Å². The number of hydrazine groups is 1. The van der Waals surface area contributed by atoms with Crippen LogP contribution in [0, 0.1) is 5.41 Å². The SMILES string of the molecule is CC/C=C1/NC=C(C(=O)OC)C(=N)N1N. The Morgan fingerprint density at radius 2 is 2.47 bits per heavy atom. The third-order valence-electron chi connectivity index (χ3n) is 1.92. The summed E-state index contributed by atoms with van der Waals surface area (Å²) in [5, 5.41) is 11.6. The molecule has 6 nitrogen and oxygen atoms in total. The van der Waals surface area contributed by atoms with Gasteiger partial charge in [-0.05, 0) is 12.5 Å². The minimum Gasteiger partial charge on any atom is -0.465 e. The summed E-state index contributed by atoms with van der Waals surface area (Å²) in [6.45, 7) is 1.95. The van der Waals surface area contributed by atoms with Gasteiger partial charge >= 0.3 is 5.97 Å². The van der Waals surface area contributed by atoms with Crippen molar-refractivity contribution < 1.29 is 9.53 Å². The summed E-state index contributed by atoms with van der Waals surface area (Å²) in [6, 6.07) is 0. The number of hydrogen-bond acceptors (Lipinski definition) is 5. The zero-order chi connectivity index (χ0) is 11.4. The lowest BCUT2D eigenvalue weighted by molar-refractivity contribution is -0.135. The van der Waals surface area contributed by atoms with Crippen molar-refractivity contribution >= 4 is 11.8 Å². The molecule has 0 spiro atoms. The first kappa shape index (κ1) is 11.3. The molecule has 15 heavy (non-hydrogen) atoms. The molecule has 82 valence electrons. The van der Waals surface area contributed by atoms with Crippen molar-refractivity contribution in [3.8, 4) is 0 Å². The number of esters is 1. The van der Waals surface area contributed by atoms with Crippen molar-refractivity contribution in [2.24, 2.45) is 5.84 Å². The van der Waals surface area contributed by atoms with E-state index in [9.17, 15) is 4.79 Å². The molecule has 0 amide bonds. The van der Waals surface area contributed by atoms with Gasteiger partial charge in [-0.2, -0.15) is 0 Å². The molecule has 6 heteroatoms. The Morgan fingerprint density at radius 1 is 1.80 bits per heavy atom. The highest BCUT2D eigenvalue weighted by atomic mass is 16.5. The van der Waals surface area contributed by atoms with E-state index in [1.165, 1.54) is 13.3 Å². The number of rotatable bonds is 2. The number of methoxy groups -OCH3 is 1. The number of ether oxygens (including phenoxy) is 1. The van der Waals surface area contributed by atoms with Gasteiger partial charge < -0.3 is 10.1 Å². The maximum absolute atomic E-state index is 11.2. The van der Waals surface area contributed by atoms with Crippen LogP contribution in [0.2, 0.25) is 0 Å². The maximum Gasteiger partial charge on any atom is 0.343 e. The molecule has 0 saturated carbocycles. The van der Waals surface area contributed by atoms with Crippen molar-refractivity contribution in [1.82, 2.24) is 10.3 Å². The van der Waals surface area contributed by atoms with Crippen molar-refractivity contribution in [1.29, 1.82) is 5.41 Å². The maximum atomic E-state index is 11.2. The summed E-state index contributed by atoms with van der Waals surface area (Å²) in [4.78, 5) is 11.2. The second-order valence-corrected chi connectivity index (χ2v) is 2.91. The van der Waals surface area contributed by atoms with Crippen LogP contribution in [0.15, 0.2) is 23.7 Å². The van der Waals surface area contributed by atoms with Gasteiger partial charge in [0.25, 0.3) is 0 Å². The molecule has 0 fully saturated rings. The van der Waals surface area contributed by atoms with Gasteiger partial charge in [-0.25, -0.2) is 15.6 Å². The lowest BCUT2D eigenvalue weighted by atomic mass is 10.2. The number of nitrogens with one attached hydrogen (secondary N) is 2. The third-order valence-corrected chi connectivity index (χ3v) is 1.92. The highest BCUT2D eigenvalue weighted by molar-refractivity contribution is 6.18. The van der Waals surface area contributed by atoms with Gasteiger partial charge in [0.2, 0.25) is 0 Å². The molecule has 0 aromatic rings. The van der Waals surface area contributed by atoms with Crippen LogP contribution < -0.4 is 11.2 Å².